The normalized spacial score (nSPS) is 15.2. The highest BCUT2D eigenvalue weighted by molar-refractivity contribution is 5.71. The molecule has 5 rings (SSSR count). The number of para-hydroxylation sites is 1. The second-order valence-corrected chi connectivity index (χ2v) is 6.89. The van der Waals surface area contributed by atoms with Crippen LogP contribution in [0.4, 0.5) is 0 Å². The van der Waals surface area contributed by atoms with Crippen LogP contribution in [-0.4, -0.2) is 14.8 Å². The van der Waals surface area contributed by atoms with E-state index in [9.17, 15) is 5.26 Å². The molecular formula is C24H17N5O. The van der Waals surface area contributed by atoms with Crippen molar-refractivity contribution in [3.05, 3.63) is 108 Å². The van der Waals surface area contributed by atoms with Gasteiger partial charge in [0.15, 0.2) is 0 Å². The van der Waals surface area contributed by atoms with Crippen LogP contribution < -0.4 is 10.5 Å². The number of nitrogens with zero attached hydrogens (tertiary/aromatic N) is 4. The van der Waals surface area contributed by atoms with E-state index in [4.69, 9.17) is 15.6 Å². The van der Waals surface area contributed by atoms with E-state index in [1.165, 1.54) is 0 Å². The van der Waals surface area contributed by atoms with Gasteiger partial charge in [0.1, 0.15) is 17.3 Å². The van der Waals surface area contributed by atoms with Crippen LogP contribution in [0.1, 0.15) is 17.0 Å². The molecule has 0 amide bonds. The van der Waals surface area contributed by atoms with Crippen LogP contribution in [0.2, 0.25) is 0 Å². The lowest BCUT2D eigenvalue weighted by atomic mass is 9.83. The fraction of sp³-hybridized carbons (Fsp3) is 0.0417. The molecular weight excluding hydrogens is 374 g/mol. The van der Waals surface area contributed by atoms with Crippen LogP contribution >= 0.6 is 0 Å². The molecule has 0 saturated heterocycles. The zero-order valence-corrected chi connectivity index (χ0v) is 15.9. The Labute approximate surface area is 173 Å². The molecule has 6 nitrogen and oxygen atoms in total. The number of aromatic nitrogens is 3. The summed E-state index contributed by atoms with van der Waals surface area (Å²) in [6, 6.07) is 25.6. The van der Waals surface area contributed by atoms with E-state index in [2.05, 4.69) is 11.1 Å². The molecule has 144 valence electrons. The average molecular weight is 391 g/mol. The number of fused-ring (bicyclic) bond motifs is 1. The first kappa shape index (κ1) is 17.7. The molecule has 2 aromatic heterocycles. The maximum atomic E-state index is 9.90. The van der Waals surface area contributed by atoms with Gasteiger partial charge in [-0.15, -0.1) is 0 Å². The van der Waals surface area contributed by atoms with Crippen LogP contribution in [0.15, 0.2) is 96.6 Å². The monoisotopic (exact) mass is 391 g/mol. The Hall–Kier alpha value is -4.37. The number of nitrogens with two attached hydrogens (primary N) is 1. The first-order valence-electron chi connectivity index (χ1n) is 9.49. The molecule has 0 radical (unpaired) electrons. The molecule has 0 fully saturated rings. The fourth-order valence-corrected chi connectivity index (χ4v) is 3.78. The number of pyridine rings is 1. The molecule has 1 aliphatic heterocycles. The van der Waals surface area contributed by atoms with Gasteiger partial charge in [0.25, 0.3) is 0 Å². The maximum absolute atomic E-state index is 9.90. The fourth-order valence-electron chi connectivity index (χ4n) is 3.78. The summed E-state index contributed by atoms with van der Waals surface area (Å²) in [5.41, 5.74) is 10.8. The first-order chi connectivity index (χ1) is 14.8. The number of hydrogen-bond donors (Lipinski definition) is 1. The van der Waals surface area contributed by atoms with E-state index >= 15 is 0 Å². The third kappa shape index (κ3) is 2.81. The summed E-state index contributed by atoms with van der Waals surface area (Å²) < 4.78 is 7.73. The second-order valence-electron chi connectivity index (χ2n) is 6.89. The average Bonchev–Trinajstić information content (AvgIpc) is 3.19. The zero-order valence-electron chi connectivity index (χ0n) is 15.9. The highest BCUT2D eigenvalue weighted by atomic mass is 16.5. The standard InChI is InChI=1S/C24H17N5O/c25-15-19-20(16-7-3-1-4-8-16)21-22(17-11-13-27-14-12-17)28-29(24(21)30-23(19)26)18-9-5-2-6-10-18/h1-14,20H,26H2. The van der Waals surface area contributed by atoms with Crippen LogP contribution in [0.3, 0.4) is 0 Å². The molecule has 0 saturated carbocycles. The number of ether oxygens (including phenoxy) is 1. The van der Waals surface area contributed by atoms with Gasteiger partial charge in [0, 0.05) is 18.0 Å². The van der Waals surface area contributed by atoms with Crippen molar-refractivity contribution in [2.45, 2.75) is 5.92 Å². The van der Waals surface area contributed by atoms with Gasteiger partial charge in [0.2, 0.25) is 11.8 Å². The highest BCUT2D eigenvalue weighted by Gasteiger charge is 2.37. The van der Waals surface area contributed by atoms with Gasteiger partial charge in [-0.1, -0.05) is 48.5 Å². The predicted molar refractivity (Wildman–Crippen MR) is 113 cm³/mol. The van der Waals surface area contributed by atoms with E-state index in [-0.39, 0.29) is 11.8 Å². The summed E-state index contributed by atoms with van der Waals surface area (Å²) in [5.74, 6) is 0.219. The van der Waals surface area contributed by atoms with Crippen LogP contribution in [-0.2, 0) is 0 Å². The third-order valence-electron chi connectivity index (χ3n) is 5.14. The molecule has 2 aromatic carbocycles. The number of nitriles is 1. The Morgan fingerprint density at radius 1 is 0.933 bits per heavy atom. The van der Waals surface area contributed by atoms with E-state index < -0.39 is 0 Å². The Kier molecular flexibility index (Phi) is 4.26. The summed E-state index contributed by atoms with van der Waals surface area (Å²) >= 11 is 0. The van der Waals surface area contributed by atoms with Crippen molar-refractivity contribution in [2.75, 3.05) is 0 Å². The predicted octanol–water partition coefficient (Wildman–Crippen LogP) is 4.15. The number of allylic oxidation sites excluding steroid dienone is 1. The van der Waals surface area contributed by atoms with Crippen molar-refractivity contribution >= 4 is 0 Å². The van der Waals surface area contributed by atoms with Gasteiger partial charge in [-0.25, -0.2) is 0 Å². The summed E-state index contributed by atoms with van der Waals surface area (Å²) in [4.78, 5) is 4.12. The lowest BCUT2D eigenvalue weighted by molar-refractivity contribution is 0.367. The molecule has 1 aliphatic rings. The SMILES string of the molecule is N#CC1=C(N)Oc2c(c(-c3ccncc3)nn2-c2ccccc2)C1c1ccccc1. The molecule has 0 bridgehead atoms. The minimum Gasteiger partial charge on any atom is -0.422 e. The lowest BCUT2D eigenvalue weighted by Crippen LogP contribution is -2.22. The first-order valence-corrected chi connectivity index (χ1v) is 9.49. The second kappa shape index (κ2) is 7.22. The Balaban J connectivity index is 1.84. The summed E-state index contributed by atoms with van der Waals surface area (Å²) in [6.45, 7) is 0. The summed E-state index contributed by atoms with van der Waals surface area (Å²) in [7, 11) is 0. The van der Waals surface area contributed by atoms with Crippen molar-refractivity contribution in [1.29, 1.82) is 5.26 Å². The van der Waals surface area contributed by atoms with Crippen LogP contribution in [0, 0.1) is 11.3 Å². The van der Waals surface area contributed by atoms with Gasteiger partial charge in [-0.2, -0.15) is 15.0 Å². The minimum absolute atomic E-state index is 0.0946. The quantitative estimate of drug-likeness (QED) is 0.567. The van der Waals surface area contributed by atoms with E-state index in [0.29, 0.717) is 11.5 Å². The molecule has 1 atom stereocenters. The van der Waals surface area contributed by atoms with Gasteiger partial charge < -0.3 is 10.5 Å². The number of rotatable bonds is 3. The van der Waals surface area contributed by atoms with Gasteiger partial charge in [0.05, 0.1) is 17.2 Å². The number of benzene rings is 2. The zero-order chi connectivity index (χ0) is 20.5. The Morgan fingerprint density at radius 3 is 2.27 bits per heavy atom. The molecule has 1 unspecified atom stereocenters. The van der Waals surface area contributed by atoms with Crippen molar-refractivity contribution in [1.82, 2.24) is 14.8 Å². The molecule has 4 aromatic rings. The maximum Gasteiger partial charge on any atom is 0.229 e. The van der Waals surface area contributed by atoms with Crippen molar-refractivity contribution < 1.29 is 4.74 Å². The molecule has 2 N–H and O–H groups in total. The molecule has 3 heterocycles. The Bertz CT molecular complexity index is 1270. The van der Waals surface area contributed by atoms with Crippen LogP contribution in [0.5, 0.6) is 5.88 Å². The molecule has 0 aliphatic carbocycles. The number of hydrogen-bond acceptors (Lipinski definition) is 5. The Morgan fingerprint density at radius 2 is 1.60 bits per heavy atom. The lowest BCUT2D eigenvalue weighted by Gasteiger charge is -2.25. The topological polar surface area (TPSA) is 89.8 Å². The third-order valence-corrected chi connectivity index (χ3v) is 5.14. The van der Waals surface area contributed by atoms with Crippen molar-refractivity contribution in [2.24, 2.45) is 5.73 Å². The summed E-state index contributed by atoms with van der Waals surface area (Å²) in [5, 5.41) is 14.8. The molecule has 30 heavy (non-hydrogen) atoms. The van der Waals surface area contributed by atoms with Crippen LogP contribution in [0.25, 0.3) is 16.9 Å². The molecule has 6 heteroatoms. The molecule has 0 spiro atoms. The van der Waals surface area contributed by atoms with Gasteiger partial charge in [-0.05, 0) is 29.8 Å². The van der Waals surface area contributed by atoms with E-state index in [1.54, 1.807) is 17.1 Å². The van der Waals surface area contributed by atoms with Gasteiger partial charge >= 0.3 is 0 Å². The smallest absolute Gasteiger partial charge is 0.229 e. The van der Waals surface area contributed by atoms with Crippen molar-refractivity contribution in [3.63, 3.8) is 0 Å². The minimum atomic E-state index is -0.388. The highest BCUT2D eigenvalue weighted by Crippen LogP contribution is 2.47. The van der Waals surface area contributed by atoms with Crippen molar-refractivity contribution in [3.8, 4) is 28.9 Å². The van der Waals surface area contributed by atoms with Gasteiger partial charge in [-0.3, -0.25) is 4.98 Å². The van der Waals surface area contributed by atoms with E-state index in [1.807, 2.05) is 72.8 Å². The van der Waals surface area contributed by atoms with E-state index in [0.717, 1.165) is 28.1 Å². The summed E-state index contributed by atoms with van der Waals surface area (Å²) in [6.07, 6.45) is 3.44. The largest absolute Gasteiger partial charge is 0.422 e.